The lowest BCUT2D eigenvalue weighted by atomic mass is 9.94. The SMILES string of the molecule is CC(C)CNC(=O)CN(CCCN)C1CCCCC1. The van der Waals surface area contributed by atoms with Crippen LogP contribution in [0.3, 0.4) is 0 Å². The van der Waals surface area contributed by atoms with E-state index in [1.54, 1.807) is 0 Å². The third-order valence-electron chi connectivity index (χ3n) is 3.79. The van der Waals surface area contributed by atoms with Gasteiger partial charge in [-0.15, -0.1) is 0 Å². The first-order chi connectivity index (χ1) is 9.13. The zero-order chi connectivity index (χ0) is 14.1. The molecular weight excluding hydrogens is 238 g/mol. The monoisotopic (exact) mass is 269 g/mol. The van der Waals surface area contributed by atoms with Gasteiger partial charge in [-0.1, -0.05) is 33.1 Å². The van der Waals surface area contributed by atoms with Gasteiger partial charge in [0.05, 0.1) is 6.54 Å². The number of nitrogens with two attached hydrogens (primary N) is 1. The molecule has 0 unspecified atom stereocenters. The second kappa shape index (κ2) is 9.32. The normalized spacial score (nSPS) is 17.1. The van der Waals surface area contributed by atoms with Crippen molar-refractivity contribution in [3.63, 3.8) is 0 Å². The third kappa shape index (κ3) is 6.92. The maximum atomic E-state index is 12.0. The molecular formula is C15H31N3O. The average molecular weight is 269 g/mol. The van der Waals surface area contributed by atoms with Crippen molar-refractivity contribution in [3.8, 4) is 0 Å². The third-order valence-corrected chi connectivity index (χ3v) is 3.79. The number of hydrogen-bond acceptors (Lipinski definition) is 3. The topological polar surface area (TPSA) is 58.4 Å². The van der Waals surface area contributed by atoms with Crippen LogP contribution in [-0.4, -0.2) is 43.0 Å². The minimum atomic E-state index is 0.163. The molecule has 1 aliphatic carbocycles. The van der Waals surface area contributed by atoms with Crippen molar-refractivity contribution in [2.24, 2.45) is 11.7 Å². The van der Waals surface area contributed by atoms with Gasteiger partial charge in [0.15, 0.2) is 0 Å². The molecule has 1 amide bonds. The summed E-state index contributed by atoms with van der Waals surface area (Å²) in [6.07, 6.45) is 7.41. The van der Waals surface area contributed by atoms with E-state index < -0.39 is 0 Å². The summed E-state index contributed by atoms with van der Waals surface area (Å²) >= 11 is 0. The number of nitrogens with one attached hydrogen (secondary N) is 1. The Kier molecular flexibility index (Phi) is 8.07. The van der Waals surface area contributed by atoms with Crippen molar-refractivity contribution in [1.29, 1.82) is 0 Å². The van der Waals surface area contributed by atoms with Crippen LogP contribution in [0.2, 0.25) is 0 Å². The molecule has 3 N–H and O–H groups in total. The van der Waals surface area contributed by atoms with E-state index in [1.807, 2.05) is 0 Å². The molecule has 0 aromatic heterocycles. The first-order valence-corrected chi connectivity index (χ1v) is 7.84. The Morgan fingerprint density at radius 2 is 2.00 bits per heavy atom. The molecule has 4 nitrogen and oxygen atoms in total. The molecule has 0 aliphatic heterocycles. The Morgan fingerprint density at radius 3 is 2.58 bits per heavy atom. The summed E-state index contributed by atoms with van der Waals surface area (Å²) in [7, 11) is 0. The van der Waals surface area contributed by atoms with Gasteiger partial charge in [-0.25, -0.2) is 0 Å². The highest BCUT2D eigenvalue weighted by Crippen LogP contribution is 2.22. The predicted molar refractivity (Wildman–Crippen MR) is 80.0 cm³/mol. The lowest BCUT2D eigenvalue weighted by Crippen LogP contribution is -2.45. The summed E-state index contributed by atoms with van der Waals surface area (Å²) in [6, 6.07) is 0.588. The highest BCUT2D eigenvalue weighted by atomic mass is 16.2. The van der Waals surface area contributed by atoms with Gasteiger partial charge < -0.3 is 11.1 Å². The van der Waals surface area contributed by atoms with Crippen molar-refractivity contribution >= 4 is 5.91 Å². The smallest absolute Gasteiger partial charge is 0.234 e. The molecule has 0 heterocycles. The van der Waals surface area contributed by atoms with Gasteiger partial charge in [-0.05, 0) is 31.7 Å². The van der Waals surface area contributed by atoms with Gasteiger partial charge in [-0.2, -0.15) is 0 Å². The standard InChI is InChI=1S/C15H31N3O/c1-13(2)11-17-15(19)12-18(10-6-9-16)14-7-4-3-5-8-14/h13-14H,3-12,16H2,1-2H3,(H,17,19). The molecule has 1 saturated carbocycles. The summed E-state index contributed by atoms with van der Waals surface area (Å²) in [6.45, 7) is 7.21. The maximum Gasteiger partial charge on any atom is 0.234 e. The molecule has 0 bridgehead atoms. The van der Waals surface area contributed by atoms with Crippen LogP contribution in [-0.2, 0) is 4.79 Å². The number of rotatable bonds is 8. The van der Waals surface area contributed by atoms with Gasteiger partial charge in [0.2, 0.25) is 5.91 Å². The number of amides is 1. The van der Waals surface area contributed by atoms with E-state index in [-0.39, 0.29) is 5.91 Å². The average Bonchev–Trinajstić information content (AvgIpc) is 2.42. The minimum Gasteiger partial charge on any atom is -0.355 e. The first kappa shape index (κ1) is 16.4. The Labute approximate surface area is 118 Å². The molecule has 0 aromatic carbocycles. The van der Waals surface area contributed by atoms with E-state index in [0.29, 0.717) is 25.0 Å². The van der Waals surface area contributed by atoms with Crippen LogP contribution in [0.5, 0.6) is 0 Å². The Bertz CT molecular complexity index is 250. The highest BCUT2D eigenvalue weighted by molar-refractivity contribution is 5.78. The fourth-order valence-corrected chi connectivity index (χ4v) is 2.69. The predicted octanol–water partition coefficient (Wildman–Crippen LogP) is 1.74. The zero-order valence-electron chi connectivity index (χ0n) is 12.7. The van der Waals surface area contributed by atoms with Crippen LogP contribution in [0.4, 0.5) is 0 Å². The summed E-state index contributed by atoms with van der Waals surface area (Å²) in [5, 5.41) is 3.02. The summed E-state index contributed by atoms with van der Waals surface area (Å²) in [5.41, 5.74) is 5.61. The largest absolute Gasteiger partial charge is 0.355 e. The van der Waals surface area contributed by atoms with Gasteiger partial charge in [-0.3, -0.25) is 9.69 Å². The van der Waals surface area contributed by atoms with Crippen LogP contribution in [0, 0.1) is 5.92 Å². The van der Waals surface area contributed by atoms with Crippen molar-refractivity contribution in [2.45, 2.75) is 58.4 Å². The molecule has 0 radical (unpaired) electrons. The van der Waals surface area contributed by atoms with Gasteiger partial charge >= 0.3 is 0 Å². The Morgan fingerprint density at radius 1 is 1.32 bits per heavy atom. The van der Waals surface area contributed by atoms with Crippen molar-refractivity contribution < 1.29 is 4.79 Å². The fraction of sp³-hybridized carbons (Fsp3) is 0.933. The van der Waals surface area contributed by atoms with E-state index in [1.165, 1.54) is 32.1 Å². The molecule has 1 rings (SSSR count). The first-order valence-electron chi connectivity index (χ1n) is 7.84. The van der Waals surface area contributed by atoms with Crippen LogP contribution < -0.4 is 11.1 Å². The van der Waals surface area contributed by atoms with Crippen molar-refractivity contribution in [1.82, 2.24) is 10.2 Å². The summed E-state index contributed by atoms with van der Waals surface area (Å²) < 4.78 is 0. The number of carbonyl (C=O) groups is 1. The van der Waals surface area contributed by atoms with Crippen molar-refractivity contribution in [3.05, 3.63) is 0 Å². The molecule has 112 valence electrons. The molecule has 4 heteroatoms. The van der Waals surface area contributed by atoms with Crippen LogP contribution in [0.25, 0.3) is 0 Å². The van der Waals surface area contributed by atoms with E-state index >= 15 is 0 Å². The summed E-state index contributed by atoms with van der Waals surface area (Å²) in [5.74, 6) is 0.674. The van der Waals surface area contributed by atoms with E-state index in [2.05, 4.69) is 24.1 Å². The highest BCUT2D eigenvalue weighted by Gasteiger charge is 2.22. The fourth-order valence-electron chi connectivity index (χ4n) is 2.69. The minimum absolute atomic E-state index is 0.163. The molecule has 19 heavy (non-hydrogen) atoms. The summed E-state index contributed by atoms with van der Waals surface area (Å²) in [4.78, 5) is 14.3. The van der Waals surface area contributed by atoms with E-state index in [4.69, 9.17) is 5.73 Å². The second-order valence-electron chi connectivity index (χ2n) is 6.10. The maximum absolute atomic E-state index is 12.0. The second-order valence-corrected chi connectivity index (χ2v) is 6.10. The van der Waals surface area contributed by atoms with E-state index in [9.17, 15) is 4.79 Å². The van der Waals surface area contributed by atoms with Crippen LogP contribution in [0.15, 0.2) is 0 Å². The van der Waals surface area contributed by atoms with Gasteiger partial charge in [0.25, 0.3) is 0 Å². The number of nitrogens with zero attached hydrogens (tertiary/aromatic N) is 1. The molecule has 0 aromatic rings. The Balaban J connectivity index is 2.41. The molecule has 0 saturated heterocycles. The van der Waals surface area contributed by atoms with E-state index in [0.717, 1.165) is 19.5 Å². The molecule has 1 aliphatic rings. The van der Waals surface area contributed by atoms with Crippen LogP contribution in [0.1, 0.15) is 52.4 Å². The van der Waals surface area contributed by atoms with Gasteiger partial charge in [0.1, 0.15) is 0 Å². The molecule has 1 fully saturated rings. The lowest BCUT2D eigenvalue weighted by molar-refractivity contribution is -0.123. The molecule has 0 spiro atoms. The lowest BCUT2D eigenvalue weighted by Gasteiger charge is -2.33. The van der Waals surface area contributed by atoms with Crippen molar-refractivity contribution in [2.75, 3.05) is 26.2 Å². The van der Waals surface area contributed by atoms with Crippen LogP contribution >= 0.6 is 0 Å². The quantitative estimate of drug-likeness (QED) is 0.706. The van der Waals surface area contributed by atoms with Gasteiger partial charge in [0, 0.05) is 19.1 Å². The Hall–Kier alpha value is -0.610. The number of carbonyl (C=O) groups excluding carboxylic acids is 1. The zero-order valence-corrected chi connectivity index (χ0v) is 12.7. The molecule has 0 atom stereocenters. The number of hydrogen-bond donors (Lipinski definition) is 2.